The number of hydrogen-bond donors (Lipinski definition) is 1. The number of aryl methyl sites for hydroxylation is 1. The number of nitrogens with zero attached hydrogens (tertiary/aromatic N) is 3. The van der Waals surface area contributed by atoms with Gasteiger partial charge >= 0.3 is 0 Å². The van der Waals surface area contributed by atoms with E-state index < -0.39 is 0 Å². The molecule has 0 amide bonds. The van der Waals surface area contributed by atoms with Crippen LogP contribution in [0.4, 0.5) is 23.1 Å². The molecule has 0 spiro atoms. The number of nitrogens with one attached hydrogen (secondary N) is 1. The van der Waals surface area contributed by atoms with E-state index in [2.05, 4.69) is 39.5 Å². The van der Waals surface area contributed by atoms with Gasteiger partial charge in [0.25, 0.3) is 0 Å². The normalized spacial score (nSPS) is 13.0. The highest BCUT2D eigenvalue weighted by molar-refractivity contribution is 6.30. The highest BCUT2D eigenvalue weighted by Gasteiger charge is 2.22. The summed E-state index contributed by atoms with van der Waals surface area (Å²) in [6.07, 6.45) is 1.02. The fourth-order valence-corrected chi connectivity index (χ4v) is 3.19. The van der Waals surface area contributed by atoms with Crippen molar-refractivity contribution in [1.29, 1.82) is 0 Å². The Balaban J connectivity index is 1.67. The molecule has 4 nitrogen and oxygen atoms in total. The number of fused-ring (bicyclic) bond motifs is 1. The maximum atomic E-state index is 6.05. The van der Waals surface area contributed by atoms with Gasteiger partial charge in [0.1, 0.15) is 5.82 Å². The Morgan fingerprint density at radius 1 is 1.04 bits per heavy atom. The summed E-state index contributed by atoms with van der Waals surface area (Å²) < 4.78 is 0. The van der Waals surface area contributed by atoms with E-state index in [1.54, 1.807) is 0 Å². The molecule has 0 bridgehead atoms. The zero-order valence-electron chi connectivity index (χ0n) is 13.3. The van der Waals surface area contributed by atoms with Gasteiger partial charge in [0.2, 0.25) is 5.95 Å². The molecule has 3 aromatic rings. The van der Waals surface area contributed by atoms with Crippen LogP contribution >= 0.6 is 11.6 Å². The molecule has 1 aliphatic rings. The van der Waals surface area contributed by atoms with Crippen molar-refractivity contribution in [3.8, 4) is 0 Å². The molecule has 0 radical (unpaired) electrons. The average molecular weight is 337 g/mol. The van der Waals surface area contributed by atoms with Crippen molar-refractivity contribution in [2.24, 2.45) is 0 Å². The maximum Gasteiger partial charge on any atom is 0.232 e. The largest absolute Gasteiger partial charge is 0.340 e. The first-order valence-electron chi connectivity index (χ1n) is 7.93. The molecule has 4 rings (SSSR count). The van der Waals surface area contributed by atoms with Crippen molar-refractivity contribution in [2.75, 3.05) is 16.8 Å². The van der Waals surface area contributed by atoms with E-state index in [0.29, 0.717) is 5.02 Å². The van der Waals surface area contributed by atoms with Gasteiger partial charge in [-0.3, -0.25) is 0 Å². The van der Waals surface area contributed by atoms with Gasteiger partial charge in [-0.2, -0.15) is 4.98 Å². The smallest absolute Gasteiger partial charge is 0.232 e. The SMILES string of the molecule is Cc1cc(Nc2cccc(Cl)c2)nc(N2CCc3ccccc32)n1. The number of para-hydroxylation sites is 1. The van der Waals surface area contributed by atoms with Crippen molar-refractivity contribution in [3.63, 3.8) is 0 Å². The third kappa shape index (κ3) is 2.93. The van der Waals surface area contributed by atoms with Crippen LogP contribution in [0.15, 0.2) is 54.6 Å². The van der Waals surface area contributed by atoms with Crippen LogP contribution in [0, 0.1) is 6.92 Å². The molecule has 0 atom stereocenters. The Morgan fingerprint density at radius 3 is 2.79 bits per heavy atom. The molecule has 24 heavy (non-hydrogen) atoms. The van der Waals surface area contributed by atoms with Gasteiger partial charge in [-0.1, -0.05) is 35.9 Å². The Labute approximate surface area is 146 Å². The number of benzene rings is 2. The van der Waals surface area contributed by atoms with E-state index in [4.69, 9.17) is 16.6 Å². The van der Waals surface area contributed by atoms with Crippen LogP contribution in [-0.4, -0.2) is 16.5 Å². The molecule has 2 aromatic carbocycles. The maximum absolute atomic E-state index is 6.05. The van der Waals surface area contributed by atoms with Crippen LogP contribution in [-0.2, 0) is 6.42 Å². The Morgan fingerprint density at radius 2 is 1.92 bits per heavy atom. The van der Waals surface area contributed by atoms with Gasteiger partial charge in [-0.25, -0.2) is 4.98 Å². The van der Waals surface area contributed by atoms with E-state index in [1.165, 1.54) is 11.3 Å². The van der Waals surface area contributed by atoms with E-state index in [9.17, 15) is 0 Å². The zero-order chi connectivity index (χ0) is 16.5. The van der Waals surface area contributed by atoms with Gasteiger partial charge in [0, 0.05) is 34.7 Å². The third-order valence-corrected chi connectivity index (χ3v) is 4.30. The van der Waals surface area contributed by atoms with E-state index in [-0.39, 0.29) is 0 Å². The Bertz CT molecular complexity index is 894. The van der Waals surface area contributed by atoms with Crippen LogP contribution in [0.3, 0.4) is 0 Å². The van der Waals surface area contributed by atoms with Crippen molar-refractivity contribution < 1.29 is 0 Å². The van der Waals surface area contributed by atoms with Gasteiger partial charge in [0.15, 0.2) is 0 Å². The summed E-state index contributed by atoms with van der Waals surface area (Å²) >= 11 is 6.05. The minimum atomic E-state index is 0.694. The van der Waals surface area contributed by atoms with Gasteiger partial charge in [-0.05, 0) is 43.2 Å². The second-order valence-corrected chi connectivity index (χ2v) is 6.30. The Kier molecular flexibility index (Phi) is 3.82. The monoisotopic (exact) mass is 336 g/mol. The fraction of sp³-hybridized carbons (Fsp3) is 0.158. The Hall–Kier alpha value is -2.59. The minimum absolute atomic E-state index is 0.694. The quantitative estimate of drug-likeness (QED) is 0.740. The number of rotatable bonds is 3. The highest BCUT2D eigenvalue weighted by Crippen LogP contribution is 2.33. The first-order valence-corrected chi connectivity index (χ1v) is 8.30. The summed E-state index contributed by atoms with van der Waals surface area (Å²) in [6.45, 7) is 2.88. The lowest BCUT2D eigenvalue weighted by atomic mass is 10.2. The summed E-state index contributed by atoms with van der Waals surface area (Å²) in [5, 5.41) is 4.01. The summed E-state index contributed by atoms with van der Waals surface area (Å²) in [5.74, 6) is 1.49. The summed E-state index contributed by atoms with van der Waals surface area (Å²) in [5.41, 5.74) is 4.37. The lowest BCUT2D eigenvalue weighted by Gasteiger charge is -2.18. The number of hydrogen-bond acceptors (Lipinski definition) is 4. The summed E-state index contributed by atoms with van der Waals surface area (Å²) in [4.78, 5) is 11.5. The highest BCUT2D eigenvalue weighted by atomic mass is 35.5. The number of anilines is 4. The van der Waals surface area contributed by atoms with Gasteiger partial charge in [0.05, 0.1) is 0 Å². The van der Waals surface area contributed by atoms with Gasteiger partial charge in [-0.15, -0.1) is 0 Å². The number of halogens is 1. The zero-order valence-corrected chi connectivity index (χ0v) is 14.1. The fourth-order valence-electron chi connectivity index (χ4n) is 3.00. The second-order valence-electron chi connectivity index (χ2n) is 5.86. The third-order valence-electron chi connectivity index (χ3n) is 4.07. The standard InChI is InChI=1S/C19H17ClN4/c1-13-11-18(22-16-7-4-6-15(20)12-16)23-19(21-13)24-10-9-14-5-2-3-8-17(14)24/h2-8,11-12H,9-10H2,1H3,(H,21,22,23). The van der Waals surface area contributed by atoms with Crippen LogP contribution < -0.4 is 10.2 Å². The van der Waals surface area contributed by atoms with Crippen molar-refractivity contribution in [1.82, 2.24) is 9.97 Å². The molecule has 1 N–H and O–H groups in total. The first-order chi connectivity index (χ1) is 11.7. The van der Waals surface area contributed by atoms with Gasteiger partial charge < -0.3 is 10.2 Å². The molecule has 0 saturated heterocycles. The lowest BCUT2D eigenvalue weighted by molar-refractivity contribution is 0.931. The molecule has 2 heterocycles. The first kappa shape index (κ1) is 15.0. The topological polar surface area (TPSA) is 41.1 Å². The molecule has 0 aliphatic carbocycles. The van der Waals surface area contributed by atoms with Crippen LogP contribution in [0.2, 0.25) is 5.02 Å². The molecule has 1 aliphatic heterocycles. The predicted octanol–water partition coefficient (Wildman–Crippen LogP) is 4.88. The molecular weight excluding hydrogens is 320 g/mol. The summed E-state index contributed by atoms with van der Waals surface area (Å²) in [6, 6.07) is 18.0. The molecule has 0 fully saturated rings. The molecule has 120 valence electrons. The van der Waals surface area contributed by atoms with Crippen LogP contribution in [0.1, 0.15) is 11.3 Å². The van der Waals surface area contributed by atoms with E-state index in [1.807, 2.05) is 37.3 Å². The van der Waals surface area contributed by atoms with E-state index in [0.717, 1.165) is 36.1 Å². The van der Waals surface area contributed by atoms with Crippen molar-refractivity contribution in [2.45, 2.75) is 13.3 Å². The van der Waals surface area contributed by atoms with Crippen molar-refractivity contribution in [3.05, 3.63) is 70.9 Å². The predicted molar refractivity (Wildman–Crippen MR) is 98.7 cm³/mol. The van der Waals surface area contributed by atoms with Crippen LogP contribution in [0.5, 0.6) is 0 Å². The van der Waals surface area contributed by atoms with Crippen LogP contribution in [0.25, 0.3) is 0 Å². The molecule has 1 aromatic heterocycles. The van der Waals surface area contributed by atoms with Crippen molar-refractivity contribution >= 4 is 34.7 Å². The number of aromatic nitrogens is 2. The lowest BCUT2D eigenvalue weighted by Crippen LogP contribution is -2.17. The van der Waals surface area contributed by atoms with E-state index >= 15 is 0 Å². The molecule has 0 saturated carbocycles. The molecule has 0 unspecified atom stereocenters. The summed E-state index contributed by atoms with van der Waals surface area (Å²) in [7, 11) is 0. The minimum Gasteiger partial charge on any atom is -0.340 e. The second kappa shape index (κ2) is 6.13. The average Bonchev–Trinajstić information content (AvgIpc) is 2.98. The molecular formula is C19H17ClN4. The molecule has 5 heteroatoms.